The number of rotatable bonds is 3. The van der Waals surface area contributed by atoms with Crippen LogP contribution in [-0.2, 0) is 15.8 Å². The molecule has 0 saturated carbocycles. The van der Waals surface area contributed by atoms with Crippen LogP contribution in [0.3, 0.4) is 0 Å². The molecule has 0 radical (unpaired) electrons. The molecule has 1 aromatic carbocycles. The van der Waals surface area contributed by atoms with E-state index in [4.69, 9.17) is 5.26 Å². The van der Waals surface area contributed by atoms with E-state index in [1.807, 2.05) is 0 Å². The fourth-order valence-corrected chi connectivity index (χ4v) is 3.12. The first-order valence-electron chi connectivity index (χ1n) is 7.36. The number of allylic oxidation sites excluding steroid dienone is 2. The van der Waals surface area contributed by atoms with Crippen molar-refractivity contribution >= 4 is 11.9 Å². The van der Waals surface area contributed by atoms with Gasteiger partial charge in [-0.3, -0.25) is 0 Å². The average Bonchev–Trinajstić information content (AvgIpc) is 2.51. The summed E-state index contributed by atoms with van der Waals surface area (Å²) in [5.74, 6) is -6.96. The molecule has 0 spiro atoms. The zero-order valence-electron chi connectivity index (χ0n) is 13.9. The molecule has 0 unspecified atom stereocenters. The predicted molar refractivity (Wildman–Crippen MR) is 82.7 cm³/mol. The van der Waals surface area contributed by atoms with E-state index in [-0.39, 0.29) is 11.4 Å². The van der Waals surface area contributed by atoms with E-state index in [1.165, 1.54) is 19.9 Å². The lowest BCUT2D eigenvalue weighted by atomic mass is 9.77. The minimum absolute atomic E-state index is 0.134. The van der Waals surface area contributed by atoms with Gasteiger partial charge in [0, 0.05) is 17.0 Å². The molecular weight excluding hydrogens is 372 g/mol. The smallest absolute Gasteiger partial charge is 0.418 e. The van der Waals surface area contributed by atoms with E-state index >= 15 is 0 Å². The number of hydrogen-bond donors (Lipinski definition) is 3. The molecule has 3 N–H and O–H groups in total. The van der Waals surface area contributed by atoms with Gasteiger partial charge in [0.15, 0.2) is 0 Å². The fraction of sp³-hybridized carbons (Fsp3) is 0.235. The normalized spacial score (nSPS) is 15.4. The number of carboxylic acid groups (broad SMARTS) is 2. The van der Waals surface area contributed by atoms with Crippen molar-refractivity contribution in [2.75, 3.05) is 0 Å². The summed E-state index contributed by atoms with van der Waals surface area (Å²) in [5.41, 5.74) is -5.63. The van der Waals surface area contributed by atoms with Gasteiger partial charge in [-0.05, 0) is 26.0 Å². The Morgan fingerprint density at radius 2 is 1.59 bits per heavy atom. The molecule has 0 saturated heterocycles. The molecule has 142 valence electrons. The van der Waals surface area contributed by atoms with Crippen molar-refractivity contribution in [3.8, 4) is 6.07 Å². The van der Waals surface area contributed by atoms with E-state index in [0.29, 0.717) is 12.1 Å². The van der Waals surface area contributed by atoms with Gasteiger partial charge in [0.1, 0.15) is 5.82 Å². The number of dihydropyridines is 1. The highest BCUT2D eigenvalue weighted by Gasteiger charge is 2.45. The van der Waals surface area contributed by atoms with Crippen LogP contribution in [0.25, 0.3) is 0 Å². The summed E-state index contributed by atoms with van der Waals surface area (Å²) in [4.78, 5) is 23.3. The first kappa shape index (κ1) is 20.0. The molecule has 0 fully saturated rings. The monoisotopic (exact) mass is 384 g/mol. The van der Waals surface area contributed by atoms with Gasteiger partial charge in [-0.15, -0.1) is 0 Å². The van der Waals surface area contributed by atoms with Crippen LogP contribution in [0.2, 0.25) is 0 Å². The summed E-state index contributed by atoms with van der Waals surface area (Å²) >= 11 is 0. The molecule has 2 rings (SSSR count). The van der Waals surface area contributed by atoms with Crippen LogP contribution in [0, 0.1) is 17.1 Å². The Bertz CT molecular complexity index is 919. The molecule has 0 aliphatic carbocycles. The Hall–Kier alpha value is -3.35. The highest BCUT2D eigenvalue weighted by molar-refractivity contribution is 5.98. The number of halogens is 4. The quantitative estimate of drug-likeness (QED) is 0.691. The first-order valence-corrected chi connectivity index (χ1v) is 7.36. The van der Waals surface area contributed by atoms with Crippen LogP contribution in [0.4, 0.5) is 17.6 Å². The fourth-order valence-electron chi connectivity index (χ4n) is 3.12. The van der Waals surface area contributed by atoms with Crippen molar-refractivity contribution in [1.82, 2.24) is 5.32 Å². The lowest BCUT2D eigenvalue weighted by Crippen LogP contribution is -2.33. The van der Waals surface area contributed by atoms with Crippen LogP contribution in [0.15, 0.2) is 34.7 Å². The average molecular weight is 384 g/mol. The van der Waals surface area contributed by atoms with Gasteiger partial charge >= 0.3 is 18.1 Å². The zero-order valence-corrected chi connectivity index (χ0v) is 13.9. The number of carbonyl (C=O) groups is 2. The van der Waals surface area contributed by atoms with Gasteiger partial charge in [0.05, 0.1) is 34.3 Å². The molecule has 1 aromatic rings. The third-order valence-corrected chi connectivity index (χ3v) is 4.11. The molecule has 0 bridgehead atoms. The SMILES string of the molecule is CC1=C(C(=O)O)C(c2c(F)ccc(C#N)c2C(F)(F)F)C(C(=O)O)=C(C)N1. The molecule has 0 atom stereocenters. The second-order valence-electron chi connectivity index (χ2n) is 5.74. The van der Waals surface area contributed by atoms with Crippen molar-refractivity contribution in [3.63, 3.8) is 0 Å². The molecule has 0 amide bonds. The van der Waals surface area contributed by atoms with Crippen molar-refractivity contribution in [2.24, 2.45) is 0 Å². The molecular formula is C17H12F4N2O4. The van der Waals surface area contributed by atoms with Crippen molar-refractivity contribution in [3.05, 3.63) is 57.2 Å². The standard InChI is InChI=1S/C17H12F4N2O4/c1-6-10(15(24)25)13(11(16(26)27)7(2)23-6)12-9(18)4-3-8(5-22)14(12)17(19,20)21/h3-4,13,23H,1-2H3,(H,24,25)(H,26,27). The maximum absolute atomic E-state index is 14.5. The number of aliphatic carboxylic acids is 2. The Morgan fingerprint density at radius 3 is 1.96 bits per heavy atom. The van der Waals surface area contributed by atoms with Crippen LogP contribution in [0.1, 0.15) is 36.5 Å². The molecule has 1 aliphatic heterocycles. The number of nitriles is 1. The van der Waals surface area contributed by atoms with Crippen molar-refractivity contribution in [2.45, 2.75) is 25.9 Å². The summed E-state index contributed by atoms with van der Waals surface area (Å²) in [5, 5.41) is 30.4. The highest BCUT2D eigenvalue weighted by atomic mass is 19.4. The lowest BCUT2D eigenvalue weighted by molar-refractivity contribution is -0.140. The third kappa shape index (κ3) is 3.36. The van der Waals surface area contributed by atoms with E-state index < -0.39 is 57.7 Å². The van der Waals surface area contributed by atoms with Crippen molar-refractivity contribution < 1.29 is 37.4 Å². The van der Waals surface area contributed by atoms with Gasteiger partial charge in [0.25, 0.3) is 0 Å². The molecule has 6 nitrogen and oxygen atoms in total. The topological polar surface area (TPSA) is 110 Å². The van der Waals surface area contributed by atoms with Crippen LogP contribution in [0.5, 0.6) is 0 Å². The van der Waals surface area contributed by atoms with E-state index in [0.717, 1.165) is 0 Å². The summed E-state index contributed by atoms with van der Waals surface area (Å²) in [6.45, 7) is 2.44. The van der Waals surface area contributed by atoms with E-state index in [1.54, 1.807) is 0 Å². The summed E-state index contributed by atoms with van der Waals surface area (Å²) in [6.07, 6.45) is -5.22. The molecule has 1 heterocycles. The third-order valence-electron chi connectivity index (χ3n) is 4.11. The maximum Gasteiger partial charge on any atom is 0.418 e. The lowest BCUT2D eigenvalue weighted by Gasteiger charge is -2.30. The number of nitrogens with zero attached hydrogens (tertiary/aromatic N) is 1. The molecule has 10 heteroatoms. The molecule has 0 aromatic heterocycles. The number of benzene rings is 1. The minimum atomic E-state index is -5.22. The highest BCUT2D eigenvalue weighted by Crippen LogP contribution is 2.46. The van der Waals surface area contributed by atoms with Crippen LogP contribution >= 0.6 is 0 Å². The summed E-state index contributed by atoms with van der Waals surface area (Å²) in [7, 11) is 0. The van der Waals surface area contributed by atoms with Gasteiger partial charge in [-0.1, -0.05) is 0 Å². The Kier molecular flexibility index (Phi) is 4.99. The second-order valence-corrected chi connectivity index (χ2v) is 5.74. The van der Waals surface area contributed by atoms with E-state index in [2.05, 4.69) is 5.32 Å². The Labute approximate surface area is 150 Å². The summed E-state index contributed by atoms with van der Waals surface area (Å²) in [6, 6.07) is 2.48. The van der Waals surface area contributed by atoms with Crippen molar-refractivity contribution in [1.29, 1.82) is 5.26 Å². The molecule has 27 heavy (non-hydrogen) atoms. The zero-order chi connectivity index (χ0) is 20.7. The largest absolute Gasteiger partial charge is 0.478 e. The van der Waals surface area contributed by atoms with E-state index in [9.17, 15) is 37.4 Å². The maximum atomic E-state index is 14.5. The summed E-state index contributed by atoms with van der Waals surface area (Å²) < 4.78 is 55.4. The Morgan fingerprint density at radius 1 is 1.11 bits per heavy atom. The number of nitrogens with one attached hydrogen (secondary N) is 1. The van der Waals surface area contributed by atoms with Crippen LogP contribution in [-0.4, -0.2) is 22.2 Å². The van der Waals surface area contributed by atoms with Gasteiger partial charge < -0.3 is 15.5 Å². The van der Waals surface area contributed by atoms with Gasteiger partial charge in [-0.2, -0.15) is 18.4 Å². The molecule has 1 aliphatic rings. The predicted octanol–water partition coefficient (Wildman–Crippen LogP) is 3.12. The first-order chi connectivity index (χ1) is 12.4. The Balaban J connectivity index is 3.03. The van der Waals surface area contributed by atoms with Gasteiger partial charge in [-0.25, -0.2) is 14.0 Å². The van der Waals surface area contributed by atoms with Gasteiger partial charge in [0.2, 0.25) is 0 Å². The number of hydrogen-bond acceptors (Lipinski definition) is 4. The number of alkyl halides is 3. The van der Waals surface area contributed by atoms with Crippen LogP contribution < -0.4 is 5.32 Å². The number of carboxylic acids is 2. The minimum Gasteiger partial charge on any atom is -0.478 e. The second kappa shape index (κ2) is 6.75.